The minimum atomic E-state index is -0.833. The maximum atomic E-state index is 9.00. The van der Waals surface area contributed by atoms with Crippen LogP contribution in [0, 0.1) is 0 Å². The Morgan fingerprint density at radius 1 is 1.58 bits per heavy atom. The van der Waals surface area contributed by atoms with Crippen molar-refractivity contribution in [3.63, 3.8) is 0 Å². The van der Waals surface area contributed by atoms with Crippen molar-refractivity contribution in [1.82, 2.24) is 0 Å². The molecule has 0 aromatic carbocycles. The average Bonchev–Trinajstić information content (AvgIpc) is 2.05. The fraction of sp³-hybridized carbons (Fsp3) is 0.875. The quantitative estimate of drug-likeness (QED) is 0.645. The van der Waals surface area contributed by atoms with Gasteiger partial charge in [0.05, 0.1) is 25.9 Å². The lowest BCUT2D eigenvalue weighted by Gasteiger charge is -2.20. The van der Waals surface area contributed by atoms with Gasteiger partial charge in [0, 0.05) is 6.92 Å². The average molecular weight is 176 g/mol. The minimum Gasteiger partial charge on any atom is -0.481 e. The number of rotatable bonds is 1. The summed E-state index contributed by atoms with van der Waals surface area (Å²) in [5.41, 5.74) is 0. The lowest BCUT2D eigenvalue weighted by atomic mass is 10.3. The number of carboxylic acids is 1. The molecule has 1 fully saturated rings. The molecule has 0 spiro atoms. The van der Waals surface area contributed by atoms with E-state index < -0.39 is 5.97 Å². The summed E-state index contributed by atoms with van der Waals surface area (Å²) >= 11 is 0. The molecule has 1 N–H and O–H groups in total. The topological polar surface area (TPSA) is 55.8 Å². The minimum absolute atomic E-state index is 0.365. The van der Waals surface area contributed by atoms with Crippen molar-refractivity contribution in [3.05, 3.63) is 0 Å². The highest BCUT2D eigenvalue weighted by Crippen LogP contribution is 2.02. The molecule has 1 rings (SSSR count). The predicted octanol–water partition coefficient (Wildman–Crippen LogP) is 0.903. The molecule has 1 atom stereocenters. The third kappa shape index (κ3) is 7.50. The van der Waals surface area contributed by atoms with Crippen LogP contribution in [0.2, 0.25) is 0 Å². The Balaban J connectivity index is 0.000000261. The van der Waals surface area contributed by atoms with Crippen molar-refractivity contribution in [2.24, 2.45) is 0 Å². The molecule has 0 aromatic heterocycles. The van der Waals surface area contributed by atoms with Crippen LogP contribution in [0.1, 0.15) is 20.3 Å². The number of aliphatic carboxylic acids is 1. The fourth-order valence-electron chi connectivity index (χ4n) is 0.772. The van der Waals surface area contributed by atoms with Crippen molar-refractivity contribution in [2.45, 2.75) is 26.4 Å². The van der Waals surface area contributed by atoms with Crippen LogP contribution in [0.3, 0.4) is 0 Å². The molecule has 1 unspecified atom stereocenters. The van der Waals surface area contributed by atoms with Gasteiger partial charge in [0.25, 0.3) is 5.97 Å². The van der Waals surface area contributed by atoms with Gasteiger partial charge in [0.15, 0.2) is 0 Å². The van der Waals surface area contributed by atoms with Crippen LogP contribution in [0.4, 0.5) is 0 Å². The van der Waals surface area contributed by atoms with Gasteiger partial charge < -0.3 is 14.6 Å². The Labute approximate surface area is 72.5 Å². The summed E-state index contributed by atoms with van der Waals surface area (Å²) in [5, 5.41) is 7.42. The molecule has 72 valence electrons. The van der Waals surface area contributed by atoms with Gasteiger partial charge in [-0.05, 0) is 6.42 Å². The first kappa shape index (κ1) is 11.4. The third-order valence-corrected chi connectivity index (χ3v) is 1.34. The molecule has 1 aliphatic heterocycles. The molecular formula is C8H16O4. The van der Waals surface area contributed by atoms with E-state index in [4.69, 9.17) is 19.4 Å². The van der Waals surface area contributed by atoms with Crippen molar-refractivity contribution in [1.29, 1.82) is 0 Å². The molecule has 1 aliphatic rings. The SMILES string of the molecule is CC(=O)O.CCC1COCCO1. The zero-order chi connectivity index (χ0) is 9.40. The monoisotopic (exact) mass is 176 g/mol. The first-order valence-electron chi connectivity index (χ1n) is 4.05. The highest BCUT2D eigenvalue weighted by molar-refractivity contribution is 5.62. The first-order chi connectivity index (χ1) is 5.66. The van der Waals surface area contributed by atoms with E-state index in [1.54, 1.807) is 0 Å². The van der Waals surface area contributed by atoms with E-state index in [9.17, 15) is 0 Å². The van der Waals surface area contributed by atoms with Gasteiger partial charge in [-0.15, -0.1) is 0 Å². The Bertz CT molecular complexity index is 114. The van der Waals surface area contributed by atoms with Crippen molar-refractivity contribution >= 4 is 5.97 Å². The molecule has 0 bridgehead atoms. The second-order valence-corrected chi connectivity index (χ2v) is 2.49. The van der Waals surface area contributed by atoms with E-state index in [0.29, 0.717) is 6.10 Å². The van der Waals surface area contributed by atoms with Crippen LogP contribution in [-0.2, 0) is 14.3 Å². The van der Waals surface area contributed by atoms with Crippen LogP contribution in [-0.4, -0.2) is 37.0 Å². The maximum Gasteiger partial charge on any atom is 0.300 e. The molecule has 0 saturated carbocycles. The number of hydrogen-bond donors (Lipinski definition) is 1. The van der Waals surface area contributed by atoms with E-state index >= 15 is 0 Å². The van der Waals surface area contributed by atoms with Gasteiger partial charge in [0.2, 0.25) is 0 Å². The molecular weight excluding hydrogens is 160 g/mol. The number of hydrogen-bond acceptors (Lipinski definition) is 3. The van der Waals surface area contributed by atoms with Gasteiger partial charge in [-0.25, -0.2) is 0 Å². The summed E-state index contributed by atoms with van der Waals surface area (Å²) in [4.78, 5) is 9.00. The third-order valence-electron chi connectivity index (χ3n) is 1.34. The second-order valence-electron chi connectivity index (χ2n) is 2.49. The van der Waals surface area contributed by atoms with Gasteiger partial charge in [0.1, 0.15) is 0 Å². The lowest BCUT2D eigenvalue weighted by Crippen LogP contribution is -2.27. The summed E-state index contributed by atoms with van der Waals surface area (Å²) in [7, 11) is 0. The standard InChI is InChI=1S/C6H12O2.C2H4O2/c1-2-6-5-7-3-4-8-6;1-2(3)4/h6H,2-5H2,1H3;1H3,(H,3,4). The van der Waals surface area contributed by atoms with Crippen LogP contribution < -0.4 is 0 Å². The van der Waals surface area contributed by atoms with E-state index in [0.717, 1.165) is 33.2 Å². The molecule has 1 heterocycles. The highest BCUT2D eigenvalue weighted by Gasteiger charge is 2.10. The molecule has 0 aliphatic carbocycles. The lowest BCUT2D eigenvalue weighted by molar-refractivity contribution is -0.134. The van der Waals surface area contributed by atoms with Crippen LogP contribution in [0.25, 0.3) is 0 Å². The molecule has 0 amide bonds. The normalized spacial score (nSPS) is 22.3. The van der Waals surface area contributed by atoms with E-state index in [1.807, 2.05) is 0 Å². The molecule has 1 saturated heterocycles. The number of carboxylic acid groups (broad SMARTS) is 1. The number of carbonyl (C=O) groups is 1. The van der Waals surface area contributed by atoms with Gasteiger partial charge in [-0.2, -0.15) is 0 Å². The van der Waals surface area contributed by atoms with Gasteiger partial charge >= 0.3 is 0 Å². The second kappa shape index (κ2) is 7.06. The summed E-state index contributed by atoms with van der Waals surface area (Å²) in [6, 6.07) is 0. The molecule has 0 radical (unpaired) electrons. The summed E-state index contributed by atoms with van der Waals surface area (Å²) < 4.78 is 10.5. The maximum absolute atomic E-state index is 9.00. The van der Waals surface area contributed by atoms with Crippen LogP contribution in [0.15, 0.2) is 0 Å². The largest absolute Gasteiger partial charge is 0.481 e. The summed E-state index contributed by atoms with van der Waals surface area (Å²) in [5.74, 6) is -0.833. The van der Waals surface area contributed by atoms with Crippen molar-refractivity contribution in [2.75, 3.05) is 19.8 Å². The smallest absolute Gasteiger partial charge is 0.300 e. The Morgan fingerprint density at radius 3 is 2.42 bits per heavy atom. The zero-order valence-electron chi connectivity index (χ0n) is 7.58. The summed E-state index contributed by atoms with van der Waals surface area (Å²) in [6.45, 7) is 5.53. The number of ether oxygens (including phenoxy) is 2. The van der Waals surface area contributed by atoms with E-state index in [2.05, 4.69) is 6.92 Å². The summed E-state index contributed by atoms with van der Waals surface area (Å²) in [6.07, 6.45) is 1.43. The first-order valence-corrected chi connectivity index (χ1v) is 4.05. The Morgan fingerprint density at radius 2 is 2.17 bits per heavy atom. The predicted molar refractivity (Wildman–Crippen MR) is 44.2 cm³/mol. The van der Waals surface area contributed by atoms with Crippen LogP contribution >= 0.6 is 0 Å². The van der Waals surface area contributed by atoms with Crippen molar-refractivity contribution < 1.29 is 19.4 Å². The Kier molecular flexibility index (Phi) is 6.70. The molecule has 4 heteroatoms. The van der Waals surface area contributed by atoms with E-state index in [-0.39, 0.29) is 0 Å². The highest BCUT2D eigenvalue weighted by atomic mass is 16.6. The zero-order valence-corrected chi connectivity index (χ0v) is 7.58. The van der Waals surface area contributed by atoms with Gasteiger partial charge in [-0.1, -0.05) is 6.92 Å². The fourth-order valence-corrected chi connectivity index (χ4v) is 0.772. The van der Waals surface area contributed by atoms with E-state index in [1.165, 1.54) is 0 Å². The molecule has 12 heavy (non-hydrogen) atoms. The Hall–Kier alpha value is -0.610. The van der Waals surface area contributed by atoms with Crippen LogP contribution in [0.5, 0.6) is 0 Å². The molecule has 0 aromatic rings. The van der Waals surface area contributed by atoms with Gasteiger partial charge in [-0.3, -0.25) is 4.79 Å². The molecule has 4 nitrogen and oxygen atoms in total. The van der Waals surface area contributed by atoms with Crippen molar-refractivity contribution in [3.8, 4) is 0 Å².